The number of hydrogen-bond donors (Lipinski definition) is 2. The molecule has 1 aromatic heterocycles. The number of ether oxygens (including phenoxy) is 1. The van der Waals surface area contributed by atoms with Crippen LogP contribution in [0.5, 0.6) is 5.75 Å². The van der Waals surface area contributed by atoms with Gasteiger partial charge < -0.3 is 15.0 Å². The van der Waals surface area contributed by atoms with Gasteiger partial charge in [0.2, 0.25) is 0 Å². The summed E-state index contributed by atoms with van der Waals surface area (Å²) in [5, 5.41) is 15.6. The molecule has 1 heterocycles. The van der Waals surface area contributed by atoms with Gasteiger partial charge in [-0.15, -0.1) is 11.3 Å². The van der Waals surface area contributed by atoms with Crippen LogP contribution in [-0.4, -0.2) is 31.5 Å². The van der Waals surface area contributed by atoms with E-state index in [2.05, 4.69) is 18.3 Å². The molecule has 0 aliphatic carbocycles. The number of hydrogen-bond acceptors (Lipinski definition) is 5. The maximum atomic E-state index is 12.2. The van der Waals surface area contributed by atoms with Crippen LogP contribution in [0.3, 0.4) is 0 Å². The third kappa shape index (κ3) is 4.53. The lowest BCUT2D eigenvalue weighted by molar-refractivity contribution is -0.884. The topological polar surface area (TPSA) is 85.9 Å². The van der Waals surface area contributed by atoms with Crippen molar-refractivity contribution in [3.05, 3.63) is 50.2 Å². The summed E-state index contributed by atoms with van der Waals surface area (Å²) in [6.07, 6.45) is 0. The number of rotatable bonds is 7. The number of nitrogens with zero attached hydrogens (tertiary/aromatic N) is 1. The molecule has 1 unspecified atom stereocenters. The van der Waals surface area contributed by atoms with Crippen LogP contribution in [0.15, 0.2) is 29.6 Å². The minimum atomic E-state index is -0.505. The maximum Gasteiger partial charge on any atom is 0.279 e. The number of carbonyl (C=O) groups is 1. The predicted octanol–water partition coefficient (Wildman–Crippen LogP) is 1.63. The molecule has 0 saturated heterocycles. The summed E-state index contributed by atoms with van der Waals surface area (Å²) in [6.45, 7) is 3.12. The SMILES string of the molecule is COc1cc([N+](=O)[O-])ccc1NC(=O)C[NH+](C)Cc1sccc1C. The number of thiophene rings is 1. The lowest BCUT2D eigenvalue weighted by Crippen LogP contribution is -3.08. The van der Waals surface area contributed by atoms with Crippen molar-refractivity contribution in [1.29, 1.82) is 0 Å². The highest BCUT2D eigenvalue weighted by atomic mass is 32.1. The summed E-state index contributed by atoms with van der Waals surface area (Å²) in [5.41, 5.74) is 1.57. The van der Waals surface area contributed by atoms with E-state index in [0.717, 1.165) is 11.4 Å². The quantitative estimate of drug-likeness (QED) is 0.587. The Kier molecular flexibility index (Phi) is 5.88. The zero-order chi connectivity index (χ0) is 17.7. The Hall–Kier alpha value is -2.45. The summed E-state index contributed by atoms with van der Waals surface area (Å²) >= 11 is 1.68. The number of carbonyl (C=O) groups excluding carboxylic acids is 1. The Labute approximate surface area is 144 Å². The number of quaternary nitrogens is 1. The maximum absolute atomic E-state index is 12.2. The predicted molar refractivity (Wildman–Crippen MR) is 92.8 cm³/mol. The van der Waals surface area contributed by atoms with Crippen molar-refractivity contribution in [2.24, 2.45) is 0 Å². The second-order valence-electron chi connectivity index (χ2n) is 5.53. The largest absolute Gasteiger partial charge is 0.494 e. The van der Waals surface area contributed by atoms with E-state index in [4.69, 9.17) is 4.74 Å². The standard InChI is InChI=1S/C16H19N3O4S/c1-11-6-7-24-15(11)9-18(2)10-16(20)17-13-5-4-12(19(21)22)8-14(13)23-3/h4-8H,9-10H2,1-3H3,(H,17,20)/p+1. The van der Waals surface area contributed by atoms with Gasteiger partial charge in [-0.05, 0) is 30.0 Å². The Bertz CT molecular complexity index is 745. The summed E-state index contributed by atoms with van der Waals surface area (Å²) in [4.78, 5) is 24.8. The van der Waals surface area contributed by atoms with Gasteiger partial charge in [-0.1, -0.05) is 0 Å². The van der Waals surface area contributed by atoms with Crippen molar-refractivity contribution in [2.75, 3.05) is 26.0 Å². The van der Waals surface area contributed by atoms with Gasteiger partial charge in [0.1, 0.15) is 12.3 Å². The lowest BCUT2D eigenvalue weighted by atomic mass is 10.2. The van der Waals surface area contributed by atoms with Crippen LogP contribution in [0.4, 0.5) is 11.4 Å². The molecular formula is C16H20N3O4S+. The van der Waals surface area contributed by atoms with Crippen molar-refractivity contribution in [3.8, 4) is 5.75 Å². The summed E-state index contributed by atoms with van der Waals surface area (Å²) < 4.78 is 5.12. The molecule has 0 radical (unpaired) electrons. The molecule has 0 bridgehead atoms. The van der Waals surface area contributed by atoms with Crippen LogP contribution in [0.25, 0.3) is 0 Å². The fraction of sp³-hybridized carbons (Fsp3) is 0.312. The summed E-state index contributed by atoms with van der Waals surface area (Å²) in [7, 11) is 3.36. The zero-order valence-electron chi connectivity index (χ0n) is 13.8. The van der Waals surface area contributed by atoms with E-state index in [9.17, 15) is 14.9 Å². The van der Waals surface area contributed by atoms with Crippen molar-refractivity contribution < 1.29 is 19.4 Å². The first-order chi connectivity index (χ1) is 11.4. The van der Waals surface area contributed by atoms with Gasteiger partial charge >= 0.3 is 0 Å². The fourth-order valence-electron chi connectivity index (χ4n) is 2.29. The number of likely N-dealkylation sites (N-methyl/N-ethyl adjacent to an activating group) is 1. The molecule has 128 valence electrons. The average molecular weight is 350 g/mol. The van der Waals surface area contributed by atoms with Crippen molar-refractivity contribution in [1.82, 2.24) is 0 Å². The van der Waals surface area contributed by atoms with Crippen LogP contribution in [0, 0.1) is 17.0 Å². The van der Waals surface area contributed by atoms with Gasteiger partial charge in [0.05, 0.1) is 35.7 Å². The number of nitro benzene ring substituents is 1. The van der Waals surface area contributed by atoms with Gasteiger partial charge in [0, 0.05) is 6.07 Å². The molecule has 0 saturated carbocycles. The number of nitrogens with one attached hydrogen (secondary N) is 2. The van der Waals surface area contributed by atoms with Crippen LogP contribution in [-0.2, 0) is 11.3 Å². The number of aryl methyl sites for hydroxylation is 1. The molecule has 2 rings (SSSR count). The molecule has 8 heteroatoms. The van der Waals surface area contributed by atoms with Crippen molar-refractivity contribution >= 4 is 28.6 Å². The highest BCUT2D eigenvalue weighted by Crippen LogP contribution is 2.28. The van der Waals surface area contributed by atoms with E-state index in [1.165, 1.54) is 35.7 Å². The van der Waals surface area contributed by atoms with E-state index in [1.54, 1.807) is 11.3 Å². The number of non-ortho nitro benzene ring substituents is 1. The first kappa shape index (κ1) is 17.9. The van der Waals surface area contributed by atoms with Crippen molar-refractivity contribution in [3.63, 3.8) is 0 Å². The first-order valence-electron chi connectivity index (χ1n) is 7.37. The number of methoxy groups -OCH3 is 1. The highest BCUT2D eigenvalue weighted by molar-refractivity contribution is 7.10. The van der Waals surface area contributed by atoms with Crippen LogP contribution < -0.4 is 15.0 Å². The number of nitro groups is 1. The normalized spacial score (nSPS) is 11.8. The van der Waals surface area contributed by atoms with E-state index in [1.807, 2.05) is 12.4 Å². The van der Waals surface area contributed by atoms with Crippen LogP contribution in [0.2, 0.25) is 0 Å². The molecule has 0 aliphatic heterocycles. The van der Waals surface area contributed by atoms with Gasteiger partial charge in [-0.25, -0.2) is 0 Å². The monoisotopic (exact) mass is 350 g/mol. The molecule has 24 heavy (non-hydrogen) atoms. The van der Waals surface area contributed by atoms with Gasteiger partial charge in [-0.2, -0.15) is 0 Å². The van der Waals surface area contributed by atoms with Gasteiger partial charge in [0.25, 0.3) is 11.6 Å². The van der Waals surface area contributed by atoms with E-state index in [0.29, 0.717) is 5.69 Å². The van der Waals surface area contributed by atoms with Crippen LogP contribution in [0.1, 0.15) is 10.4 Å². The smallest absolute Gasteiger partial charge is 0.279 e. The molecule has 1 amide bonds. The molecule has 2 aromatic rings. The molecule has 2 N–H and O–H groups in total. The number of amides is 1. The minimum Gasteiger partial charge on any atom is -0.494 e. The molecule has 1 atom stereocenters. The van der Waals surface area contributed by atoms with Gasteiger partial charge in [-0.3, -0.25) is 14.9 Å². The van der Waals surface area contributed by atoms with E-state index >= 15 is 0 Å². The third-order valence-electron chi connectivity index (χ3n) is 3.56. The summed E-state index contributed by atoms with van der Waals surface area (Å²) in [5.74, 6) is 0.0955. The lowest BCUT2D eigenvalue weighted by Gasteiger charge is -2.14. The highest BCUT2D eigenvalue weighted by Gasteiger charge is 2.16. The number of anilines is 1. The van der Waals surface area contributed by atoms with Crippen molar-refractivity contribution in [2.45, 2.75) is 13.5 Å². The Balaban J connectivity index is 1.99. The summed E-state index contributed by atoms with van der Waals surface area (Å²) in [6, 6.07) is 6.17. The zero-order valence-corrected chi connectivity index (χ0v) is 14.6. The minimum absolute atomic E-state index is 0.0826. The first-order valence-corrected chi connectivity index (χ1v) is 8.25. The number of benzene rings is 1. The van der Waals surface area contributed by atoms with E-state index in [-0.39, 0.29) is 23.9 Å². The molecule has 1 aromatic carbocycles. The molecule has 0 aliphatic rings. The third-order valence-corrected chi connectivity index (χ3v) is 4.59. The average Bonchev–Trinajstić information content (AvgIpc) is 2.92. The second kappa shape index (κ2) is 7.89. The van der Waals surface area contributed by atoms with E-state index < -0.39 is 4.92 Å². The molecule has 0 fully saturated rings. The van der Waals surface area contributed by atoms with Crippen LogP contribution >= 0.6 is 11.3 Å². The van der Waals surface area contributed by atoms with Gasteiger partial charge in [0.15, 0.2) is 6.54 Å². The Morgan fingerprint density at radius 1 is 1.42 bits per heavy atom. The molecule has 0 spiro atoms. The second-order valence-corrected chi connectivity index (χ2v) is 6.53. The molecular weight excluding hydrogens is 330 g/mol. The fourth-order valence-corrected chi connectivity index (χ4v) is 3.31. The molecule has 7 nitrogen and oxygen atoms in total. The Morgan fingerprint density at radius 3 is 2.75 bits per heavy atom. The Morgan fingerprint density at radius 2 is 2.17 bits per heavy atom.